The van der Waals surface area contributed by atoms with Crippen molar-refractivity contribution >= 4 is 11.4 Å². The highest BCUT2D eigenvalue weighted by molar-refractivity contribution is 5.72. The van der Waals surface area contributed by atoms with Crippen LogP contribution in [0, 0.1) is 0 Å². The zero-order valence-electron chi connectivity index (χ0n) is 9.81. The Hall–Kier alpha value is -1.80. The molecule has 0 saturated heterocycles. The molecule has 2 aromatic carbocycles. The maximum atomic E-state index is 5.90. The molecule has 0 atom stereocenters. The predicted molar refractivity (Wildman–Crippen MR) is 69.6 cm³/mol. The number of hydrogen-bond donors (Lipinski definition) is 1. The van der Waals surface area contributed by atoms with Crippen LogP contribution in [-0.2, 0) is 4.74 Å². The monoisotopic (exact) mass is 225 g/mol. The molecule has 2 aromatic rings. The highest BCUT2D eigenvalue weighted by atomic mass is 16.5. The molecular formula is C15H15NO. The van der Waals surface area contributed by atoms with Crippen LogP contribution in [0.2, 0.25) is 0 Å². The molecule has 0 bridgehead atoms. The minimum Gasteiger partial charge on any atom is -0.369 e. The molecule has 0 radical (unpaired) electrons. The fraction of sp³-hybridized carbons (Fsp3) is 0.200. The van der Waals surface area contributed by atoms with E-state index >= 15 is 0 Å². The summed E-state index contributed by atoms with van der Waals surface area (Å²) in [5, 5.41) is 3.45. The summed E-state index contributed by atoms with van der Waals surface area (Å²) in [6.45, 7) is 2.75. The van der Waals surface area contributed by atoms with Crippen LogP contribution in [0.5, 0.6) is 0 Å². The first-order valence-corrected chi connectivity index (χ1v) is 5.96. The van der Waals surface area contributed by atoms with Gasteiger partial charge in [-0.1, -0.05) is 36.4 Å². The van der Waals surface area contributed by atoms with Crippen LogP contribution < -0.4 is 5.32 Å². The fourth-order valence-electron chi connectivity index (χ4n) is 2.34. The zero-order chi connectivity index (χ0) is 11.7. The van der Waals surface area contributed by atoms with E-state index in [1.165, 1.54) is 11.1 Å². The number of anilines is 2. The smallest absolute Gasteiger partial charge is 0.112 e. The molecule has 0 amide bonds. The van der Waals surface area contributed by atoms with Crippen LogP contribution in [0.25, 0.3) is 0 Å². The summed E-state index contributed by atoms with van der Waals surface area (Å²) in [7, 11) is 0. The summed E-state index contributed by atoms with van der Waals surface area (Å²) < 4.78 is 5.90. The summed E-state index contributed by atoms with van der Waals surface area (Å²) in [4.78, 5) is 0. The molecule has 0 spiro atoms. The van der Waals surface area contributed by atoms with Crippen LogP contribution >= 0.6 is 0 Å². The van der Waals surface area contributed by atoms with Gasteiger partial charge in [-0.3, -0.25) is 0 Å². The molecule has 1 N–H and O–H groups in total. The van der Waals surface area contributed by atoms with Crippen molar-refractivity contribution in [3.8, 4) is 0 Å². The molecule has 0 saturated carbocycles. The lowest BCUT2D eigenvalue weighted by Crippen LogP contribution is -2.15. The Kier molecular flexibility index (Phi) is 2.57. The molecule has 0 aliphatic carbocycles. The van der Waals surface area contributed by atoms with Crippen LogP contribution in [0.15, 0.2) is 48.5 Å². The maximum absolute atomic E-state index is 5.90. The van der Waals surface area contributed by atoms with E-state index in [-0.39, 0.29) is 6.10 Å². The van der Waals surface area contributed by atoms with Gasteiger partial charge in [-0.05, 0) is 19.1 Å². The second-order valence-electron chi connectivity index (χ2n) is 4.13. The van der Waals surface area contributed by atoms with E-state index in [1.807, 2.05) is 19.1 Å². The van der Waals surface area contributed by atoms with E-state index in [1.54, 1.807) is 0 Å². The van der Waals surface area contributed by atoms with E-state index in [0.717, 1.165) is 11.4 Å². The lowest BCUT2D eigenvalue weighted by molar-refractivity contribution is 0.0915. The molecule has 86 valence electrons. The van der Waals surface area contributed by atoms with Crippen molar-refractivity contribution in [2.45, 2.75) is 13.0 Å². The molecule has 0 fully saturated rings. The van der Waals surface area contributed by atoms with Gasteiger partial charge in [0.1, 0.15) is 6.10 Å². The summed E-state index contributed by atoms with van der Waals surface area (Å²) in [6, 6.07) is 16.6. The number of nitrogens with one attached hydrogen (secondary N) is 1. The Bertz CT molecular complexity index is 490. The Balaban J connectivity index is 2.13. The Labute approximate surface area is 101 Å². The quantitative estimate of drug-likeness (QED) is 0.837. The van der Waals surface area contributed by atoms with Crippen molar-refractivity contribution in [2.75, 3.05) is 11.9 Å². The van der Waals surface area contributed by atoms with E-state index in [4.69, 9.17) is 4.74 Å². The molecular weight excluding hydrogens is 210 g/mol. The van der Waals surface area contributed by atoms with E-state index in [0.29, 0.717) is 6.61 Å². The standard InChI is InChI=1S/C15H15NO/c1-2-17-15-11-7-3-5-9-13(11)16-14-10-6-4-8-12(14)15/h3-10,15-16H,2H2,1H3. The number of benzene rings is 2. The lowest BCUT2D eigenvalue weighted by atomic mass is 9.94. The first-order valence-electron chi connectivity index (χ1n) is 5.96. The van der Waals surface area contributed by atoms with Gasteiger partial charge in [-0.15, -0.1) is 0 Å². The molecule has 0 unspecified atom stereocenters. The van der Waals surface area contributed by atoms with Gasteiger partial charge in [0.25, 0.3) is 0 Å². The third-order valence-electron chi connectivity index (χ3n) is 3.09. The first-order chi connectivity index (χ1) is 8.40. The minimum atomic E-state index is 0.0497. The average Bonchev–Trinajstić information content (AvgIpc) is 2.39. The van der Waals surface area contributed by atoms with Crippen molar-refractivity contribution in [1.29, 1.82) is 0 Å². The van der Waals surface area contributed by atoms with Gasteiger partial charge in [0.05, 0.1) is 0 Å². The largest absolute Gasteiger partial charge is 0.369 e. The second kappa shape index (κ2) is 4.22. The van der Waals surface area contributed by atoms with Crippen LogP contribution in [-0.4, -0.2) is 6.61 Å². The van der Waals surface area contributed by atoms with Gasteiger partial charge in [0.15, 0.2) is 0 Å². The third kappa shape index (κ3) is 1.71. The SMILES string of the molecule is CCOC1c2ccccc2Nc2ccccc21. The number of para-hydroxylation sites is 2. The van der Waals surface area contributed by atoms with E-state index in [2.05, 4.69) is 41.7 Å². The topological polar surface area (TPSA) is 21.3 Å². The van der Waals surface area contributed by atoms with Gasteiger partial charge in [-0.2, -0.15) is 0 Å². The van der Waals surface area contributed by atoms with Gasteiger partial charge < -0.3 is 10.1 Å². The van der Waals surface area contributed by atoms with Crippen molar-refractivity contribution in [2.24, 2.45) is 0 Å². The van der Waals surface area contributed by atoms with Crippen LogP contribution in [0.4, 0.5) is 11.4 Å². The van der Waals surface area contributed by atoms with E-state index < -0.39 is 0 Å². The van der Waals surface area contributed by atoms with Gasteiger partial charge in [-0.25, -0.2) is 0 Å². The molecule has 17 heavy (non-hydrogen) atoms. The van der Waals surface area contributed by atoms with Gasteiger partial charge in [0, 0.05) is 29.1 Å². The normalized spacial score (nSPS) is 13.7. The first kappa shape index (κ1) is 10.4. The fourth-order valence-corrected chi connectivity index (χ4v) is 2.34. The lowest BCUT2D eigenvalue weighted by Gasteiger charge is -2.29. The Morgan fingerprint density at radius 1 is 0.941 bits per heavy atom. The Morgan fingerprint density at radius 2 is 1.47 bits per heavy atom. The van der Waals surface area contributed by atoms with Crippen molar-refractivity contribution in [1.82, 2.24) is 0 Å². The maximum Gasteiger partial charge on any atom is 0.112 e. The summed E-state index contributed by atoms with van der Waals surface area (Å²) in [5.41, 5.74) is 4.72. The van der Waals surface area contributed by atoms with Crippen molar-refractivity contribution < 1.29 is 4.74 Å². The number of fused-ring (bicyclic) bond motifs is 2. The number of hydrogen-bond acceptors (Lipinski definition) is 2. The Morgan fingerprint density at radius 3 is 2.00 bits per heavy atom. The van der Waals surface area contributed by atoms with E-state index in [9.17, 15) is 0 Å². The highest BCUT2D eigenvalue weighted by Gasteiger charge is 2.24. The van der Waals surface area contributed by atoms with Crippen LogP contribution in [0.3, 0.4) is 0 Å². The number of ether oxygens (including phenoxy) is 1. The summed E-state index contributed by atoms with van der Waals surface area (Å²) in [5.74, 6) is 0. The molecule has 1 aliphatic heterocycles. The molecule has 1 heterocycles. The minimum absolute atomic E-state index is 0.0497. The van der Waals surface area contributed by atoms with Crippen molar-refractivity contribution in [3.05, 3.63) is 59.7 Å². The zero-order valence-corrected chi connectivity index (χ0v) is 9.81. The third-order valence-corrected chi connectivity index (χ3v) is 3.09. The molecule has 2 heteroatoms. The average molecular weight is 225 g/mol. The summed E-state index contributed by atoms with van der Waals surface area (Å²) >= 11 is 0. The van der Waals surface area contributed by atoms with Gasteiger partial charge in [0.2, 0.25) is 0 Å². The number of rotatable bonds is 2. The second-order valence-corrected chi connectivity index (χ2v) is 4.13. The summed E-state index contributed by atoms with van der Waals surface area (Å²) in [6.07, 6.45) is 0.0497. The molecule has 2 nitrogen and oxygen atoms in total. The van der Waals surface area contributed by atoms with Crippen molar-refractivity contribution in [3.63, 3.8) is 0 Å². The van der Waals surface area contributed by atoms with Crippen LogP contribution in [0.1, 0.15) is 24.2 Å². The molecule has 0 aromatic heterocycles. The molecule has 3 rings (SSSR count). The highest BCUT2D eigenvalue weighted by Crippen LogP contribution is 2.41. The molecule has 1 aliphatic rings. The predicted octanol–water partition coefficient (Wildman–Crippen LogP) is 3.87. The van der Waals surface area contributed by atoms with Gasteiger partial charge >= 0.3 is 0 Å².